The molecule has 5 aromatic rings. The molecule has 2 aliphatic rings. The third-order valence-corrected chi connectivity index (χ3v) is 8.22. The lowest BCUT2D eigenvalue weighted by atomic mass is 9.34. The molecule has 5 aromatic carbocycles. The van der Waals surface area contributed by atoms with Crippen molar-refractivity contribution in [3.05, 3.63) is 113 Å². The molecule has 7 rings (SSSR count). The first-order valence-corrected chi connectivity index (χ1v) is 13.5. The first-order chi connectivity index (χ1) is 18.5. The number of hydrogen-bond acceptors (Lipinski definition) is 2. The van der Waals surface area contributed by atoms with Gasteiger partial charge in [-0.2, -0.15) is 0 Å². The Morgan fingerprint density at radius 2 is 1.08 bits per heavy atom. The van der Waals surface area contributed by atoms with E-state index in [1.807, 2.05) is 6.07 Å². The normalized spacial score (nSPS) is 12.7. The van der Waals surface area contributed by atoms with Crippen LogP contribution in [0.25, 0.3) is 22.3 Å². The van der Waals surface area contributed by atoms with Crippen molar-refractivity contribution >= 4 is 23.1 Å². The zero-order valence-corrected chi connectivity index (χ0v) is 22.3. The van der Waals surface area contributed by atoms with Gasteiger partial charge in [-0.05, 0) is 107 Å². The Morgan fingerprint density at radius 1 is 0.526 bits per heavy atom. The molecule has 0 aliphatic carbocycles. The molecule has 0 radical (unpaired) electrons. The zero-order valence-electron chi connectivity index (χ0n) is 22.3. The molecule has 3 heteroatoms. The molecule has 0 atom stereocenters. The molecule has 0 saturated carbocycles. The maximum Gasteiger partial charge on any atom is 0.260 e. The number of hydrogen-bond donors (Lipinski definition) is 0. The maximum atomic E-state index is 6.58. The van der Waals surface area contributed by atoms with Gasteiger partial charge in [0.15, 0.2) is 0 Å². The number of rotatable bonds is 3. The van der Waals surface area contributed by atoms with Crippen molar-refractivity contribution < 1.29 is 9.47 Å². The Morgan fingerprint density at radius 3 is 1.68 bits per heavy atom. The summed E-state index contributed by atoms with van der Waals surface area (Å²) < 4.78 is 13.1. The summed E-state index contributed by atoms with van der Waals surface area (Å²) in [6, 6.07) is 32.7. The third kappa shape index (κ3) is 3.42. The Bertz CT molecular complexity index is 1750. The van der Waals surface area contributed by atoms with Crippen LogP contribution in [0.2, 0.25) is 0 Å². The summed E-state index contributed by atoms with van der Waals surface area (Å²) in [5, 5.41) is 0. The molecule has 0 amide bonds. The first-order valence-electron chi connectivity index (χ1n) is 13.5. The van der Waals surface area contributed by atoms with Crippen LogP contribution in [0.15, 0.2) is 91.0 Å². The molecule has 0 bridgehead atoms. The molecule has 38 heavy (non-hydrogen) atoms. The summed E-state index contributed by atoms with van der Waals surface area (Å²) in [4.78, 5) is 0. The number of ether oxygens (including phenoxy) is 2. The van der Waals surface area contributed by atoms with Crippen molar-refractivity contribution in [2.24, 2.45) is 0 Å². The second-order valence-electron chi connectivity index (χ2n) is 10.5. The van der Waals surface area contributed by atoms with E-state index >= 15 is 0 Å². The number of fused-ring (bicyclic) bond motifs is 4. The Labute approximate surface area is 225 Å². The summed E-state index contributed by atoms with van der Waals surface area (Å²) in [6.07, 6.45) is 0.939. The van der Waals surface area contributed by atoms with E-state index in [0.717, 1.165) is 34.9 Å². The predicted molar refractivity (Wildman–Crippen MR) is 159 cm³/mol. The van der Waals surface area contributed by atoms with Gasteiger partial charge < -0.3 is 9.47 Å². The van der Waals surface area contributed by atoms with Gasteiger partial charge in [0.1, 0.15) is 23.0 Å². The monoisotopic (exact) mass is 492 g/mol. The van der Waals surface area contributed by atoms with E-state index in [2.05, 4.69) is 113 Å². The first kappa shape index (κ1) is 22.9. The molecule has 0 unspecified atom stereocenters. The molecule has 2 aliphatic heterocycles. The molecule has 0 N–H and O–H groups in total. The van der Waals surface area contributed by atoms with Gasteiger partial charge in [-0.25, -0.2) is 0 Å². The molecular formula is C35H29BO2. The summed E-state index contributed by atoms with van der Waals surface area (Å²) in [5.41, 5.74) is 13.7. The van der Waals surface area contributed by atoms with Gasteiger partial charge in [-0.15, -0.1) is 0 Å². The molecule has 0 saturated heterocycles. The van der Waals surface area contributed by atoms with Gasteiger partial charge in [-0.1, -0.05) is 73.7 Å². The van der Waals surface area contributed by atoms with E-state index in [9.17, 15) is 0 Å². The minimum atomic E-state index is 0.0331. The molecule has 0 fully saturated rings. The van der Waals surface area contributed by atoms with E-state index in [-0.39, 0.29) is 6.71 Å². The van der Waals surface area contributed by atoms with Crippen molar-refractivity contribution in [1.82, 2.24) is 0 Å². The van der Waals surface area contributed by atoms with Gasteiger partial charge in [0.05, 0.1) is 0 Å². The average molecular weight is 492 g/mol. The van der Waals surface area contributed by atoms with E-state index in [1.165, 1.54) is 55.4 Å². The quantitative estimate of drug-likeness (QED) is 0.242. The fourth-order valence-corrected chi connectivity index (χ4v) is 6.25. The van der Waals surface area contributed by atoms with Gasteiger partial charge in [0.2, 0.25) is 0 Å². The van der Waals surface area contributed by atoms with Crippen LogP contribution in [0.5, 0.6) is 23.0 Å². The Balaban J connectivity index is 1.51. The summed E-state index contributed by atoms with van der Waals surface area (Å²) in [5.74, 6) is 3.64. The lowest BCUT2D eigenvalue weighted by molar-refractivity contribution is 0.464. The molecule has 2 heterocycles. The highest BCUT2D eigenvalue weighted by molar-refractivity contribution is 6.98. The highest BCUT2D eigenvalue weighted by Gasteiger charge is 2.41. The third-order valence-electron chi connectivity index (χ3n) is 8.22. The number of benzene rings is 5. The molecule has 0 spiro atoms. The van der Waals surface area contributed by atoms with Crippen LogP contribution >= 0.6 is 0 Å². The Kier molecular flexibility index (Phi) is 5.23. The van der Waals surface area contributed by atoms with Crippen molar-refractivity contribution in [2.75, 3.05) is 0 Å². The van der Waals surface area contributed by atoms with E-state index < -0.39 is 0 Å². The van der Waals surface area contributed by atoms with E-state index in [0.29, 0.717) is 0 Å². The maximum absolute atomic E-state index is 6.58. The zero-order chi connectivity index (χ0) is 26.0. The summed E-state index contributed by atoms with van der Waals surface area (Å²) in [7, 11) is 0. The molecular weight excluding hydrogens is 463 g/mol. The van der Waals surface area contributed by atoms with E-state index in [1.54, 1.807) is 0 Å². The summed E-state index contributed by atoms with van der Waals surface area (Å²) in [6.45, 7) is 8.81. The average Bonchev–Trinajstić information content (AvgIpc) is 2.93. The smallest absolute Gasteiger partial charge is 0.260 e. The minimum Gasteiger partial charge on any atom is -0.458 e. The lowest BCUT2D eigenvalue weighted by Gasteiger charge is -2.34. The fraction of sp³-hybridized carbons (Fsp3) is 0.143. The minimum absolute atomic E-state index is 0.0331. The van der Waals surface area contributed by atoms with Crippen LogP contribution in [-0.4, -0.2) is 6.71 Å². The van der Waals surface area contributed by atoms with Gasteiger partial charge in [-0.3, -0.25) is 0 Å². The van der Waals surface area contributed by atoms with Crippen molar-refractivity contribution in [2.45, 2.75) is 34.1 Å². The molecule has 2 nitrogen and oxygen atoms in total. The topological polar surface area (TPSA) is 18.5 Å². The van der Waals surface area contributed by atoms with E-state index in [4.69, 9.17) is 9.47 Å². The number of aryl methyl sites for hydroxylation is 4. The van der Waals surface area contributed by atoms with Crippen molar-refractivity contribution in [3.63, 3.8) is 0 Å². The largest absolute Gasteiger partial charge is 0.458 e. The van der Waals surface area contributed by atoms with Crippen LogP contribution < -0.4 is 25.9 Å². The van der Waals surface area contributed by atoms with Crippen LogP contribution in [-0.2, 0) is 6.42 Å². The second-order valence-corrected chi connectivity index (χ2v) is 10.5. The highest BCUT2D eigenvalue weighted by atomic mass is 16.5. The van der Waals surface area contributed by atoms with Crippen molar-refractivity contribution in [3.8, 4) is 45.3 Å². The highest BCUT2D eigenvalue weighted by Crippen LogP contribution is 2.39. The van der Waals surface area contributed by atoms with Crippen molar-refractivity contribution in [1.29, 1.82) is 0 Å². The lowest BCUT2D eigenvalue weighted by Crippen LogP contribution is -2.57. The fourth-order valence-electron chi connectivity index (χ4n) is 6.25. The van der Waals surface area contributed by atoms with Gasteiger partial charge in [0.25, 0.3) is 6.71 Å². The molecule has 184 valence electrons. The van der Waals surface area contributed by atoms with Gasteiger partial charge >= 0.3 is 0 Å². The van der Waals surface area contributed by atoms with Crippen LogP contribution in [0.1, 0.15) is 29.2 Å². The van der Waals surface area contributed by atoms with Crippen LogP contribution in [0.4, 0.5) is 0 Å². The second kappa shape index (κ2) is 8.67. The SMILES string of the molecule is CCc1cc2c(cc1-c1ccccc1C)B1c3cc(-c4ccccc4C)c(C)cc3Oc3cccc(c31)O2. The molecule has 0 aromatic heterocycles. The predicted octanol–water partition coefficient (Wildman–Crippen LogP) is 7.24. The van der Waals surface area contributed by atoms with Crippen LogP contribution in [0, 0.1) is 20.8 Å². The summed E-state index contributed by atoms with van der Waals surface area (Å²) >= 11 is 0. The van der Waals surface area contributed by atoms with Gasteiger partial charge in [0, 0.05) is 5.46 Å². The Hall–Kier alpha value is -4.24. The standard InChI is InChI=1S/C35H29BO2/c1-5-24-18-34-30(20-28(24)26-14-9-7-12-22(26)3)36-29-19-27(25-13-8-6-11-21(25)2)23(4)17-33(29)37-31-15-10-16-32(38-34)35(31)36/h6-20H,5H2,1-4H3. The van der Waals surface area contributed by atoms with Crippen LogP contribution in [0.3, 0.4) is 0 Å².